The molecule has 0 amide bonds. The minimum absolute atomic E-state index is 0.0472. The molecule has 2 saturated carbocycles. The summed E-state index contributed by atoms with van der Waals surface area (Å²) >= 11 is 0. The van der Waals surface area contributed by atoms with Crippen molar-refractivity contribution in [1.82, 2.24) is 19.1 Å². The Kier molecular flexibility index (Phi) is 13.8. The minimum Gasteiger partial charge on any atom is -0.310 e. The van der Waals surface area contributed by atoms with E-state index in [9.17, 15) is 0 Å². The van der Waals surface area contributed by atoms with Crippen molar-refractivity contribution in [2.24, 2.45) is 0 Å². The number of fused-ring (bicyclic) bond motifs is 10. The summed E-state index contributed by atoms with van der Waals surface area (Å²) in [6, 6.07) is 112. The quantitative estimate of drug-likeness (QED) is 0.121. The average molecular weight is 1270 g/mol. The lowest BCUT2D eigenvalue weighted by molar-refractivity contribution is 0.444. The normalized spacial score (nSPS) is 14.4. The first kappa shape index (κ1) is 57.8. The van der Waals surface area contributed by atoms with Crippen LogP contribution in [-0.2, 0) is 0 Å². The summed E-state index contributed by atoms with van der Waals surface area (Å²) in [7, 11) is 0. The number of aromatic nitrogens is 4. The highest BCUT2D eigenvalue weighted by atomic mass is 15.0. The van der Waals surface area contributed by atoms with Gasteiger partial charge >= 0.3 is 0 Å². The fraction of sp³-hybridized carbons (Fsp3) is 0.128. The summed E-state index contributed by atoms with van der Waals surface area (Å²) < 4.78 is 5.36. The second-order valence-electron chi connectivity index (χ2n) is 28.4. The highest BCUT2D eigenvalue weighted by Crippen LogP contribution is 2.47. The van der Waals surface area contributed by atoms with Crippen LogP contribution in [0.2, 0.25) is 0 Å². The maximum absolute atomic E-state index is 5.97. The van der Waals surface area contributed by atoms with Gasteiger partial charge in [0.2, 0.25) is 0 Å². The van der Waals surface area contributed by atoms with Gasteiger partial charge in [-0.25, -0.2) is 9.97 Å². The van der Waals surface area contributed by atoms with Gasteiger partial charge in [0.05, 0.1) is 22.4 Å². The molecule has 0 unspecified atom stereocenters. The van der Waals surface area contributed by atoms with Crippen LogP contribution >= 0.6 is 0 Å². The van der Waals surface area contributed by atoms with Gasteiger partial charge in [-0.3, -0.25) is 0 Å². The van der Waals surface area contributed by atoms with E-state index >= 15 is 0 Å². The summed E-state index contributed by atoms with van der Waals surface area (Å²) in [5.41, 5.74) is 33.4. The molecular formula is C94H71BN4. The number of hydrogen-bond acceptors (Lipinski definition) is 2. The van der Waals surface area contributed by atoms with Crippen LogP contribution in [0, 0.1) is 0 Å². The zero-order valence-electron chi connectivity index (χ0n) is 55.4. The van der Waals surface area contributed by atoms with E-state index in [4.69, 9.17) is 9.97 Å². The van der Waals surface area contributed by atoms with E-state index in [1.165, 1.54) is 169 Å². The van der Waals surface area contributed by atoms with E-state index in [0.29, 0.717) is 17.7 Å². The van der Waals surface area contributed by atoms with Crippen LogP contribution in [0.25, 0.3) is 156 Å². The summed E-state index contributed by atoms with van der Waals surface area (Å²) in [5, 5.41) is 5.28. The molecule has 0 atom stereocenters. The van der Waals surface area contributed by atoms with Crippen LogP contribution in [0.15, 0.2) is 297 Å². The van der Waals surface area contributed by atoms with Gasteiger partial charge in [0.15, 0.2) is 5.82 Å². The molecule has 0 radical (unpaired) electrons. The molecule has 2 aliphatic heterocycles. The second kappa shape index (κ2) is 23.7. The number of benzene rings is 13. The van der Waals surface area contributed by atoms with Crippen LogP contribution in [0.4, 0.5) is 0 Å². The largest absolute Gasteiger partial charge is 0.310 e. The molecular weight excluding hydrogens is 1200 g/mol. The third-order valence-corrected chi connectivity index (χ3v) is 22.6. The van der Waals surface area contributed by atoms with E-state index in [1.54, 1.807) is 0 Å². The van der Waals surface area contributed by atoms with Crippen molar-refractivity contribution < 1.29 is 0 Å². The maximum atomic E-state index is 5.97. The Morgan fingerprint density at radius 1 is 0.263 bits per heavy atom. The molecule has 2 aliphatic carbocycles. The first-order valence-electron chi connectivity index (χ1n) is 36.0. The maximum Gasteiger partial charge on any atom is 0.252 e. The molecule has 2 fully saturated rings. The molecule has 16 aromatic rings. The summed E-state index contributed by atoms with van der Waals surface area (Å²) in [6.07, 6.45) is 12.6. The molecule has 13 aromatic carbocycles. The molecule has 99 heavy (non-hydrogen) atoms. The van der Waals surface area contributed by atoms with Gasteiger partial charge in [-0.2, -0.15) is 0 Å². The van der Waals surface area contributed by atoms with E-state index in [-0.39, 0.29) is 6.71 Å². The lowest BCUT2D eigenvalue weighted by atomic mass is 9.34. The van der Waals surface area contributed by atoms with Crippen LogP contribution in [0.3, 0.4) is 0 Å². The summed E-state index contributed by atoms with van der Waals surface area (Å²) in [5.74, 6) is 1.68. The molecule has 0 bridgehead atoms. The molecule has 0 N–H and O–H groups in total. The predicted octanol–water partition coefficient (Wildman–Crippen LogP) is 22.9. The minimum atomic E-state index is -0.0472. The van der Waals surface area contributed by atoms with E-state index < -0.39 is 0 Å². The first-order chi connectivity index (χ1) is 49.0. The second-order valence-corrected chi connectivity index (χ2v) is 28.4. The number of hydrogen-bond donors (Lipinski definition) is 0. The van der Waals surface area contributed by atoms with Gasteiger partial charge in [0, 0.05) is 60.6 Å². The highest BCUT2D eigenvalue weighted by Gasteiger charge is 2.43. The fourth-order valence-electron chi connectivity index (χ4n) is 17.8. The number of rotatable bonds is 11. The Balaban J connectivity index is 0.912. The molecule has 4 nitrogen and oxygen atoms in total. The molecule has 5 heterocycles. The summed E-state index contributed by atoms with van der Waals surface area (Å²) in [4.78, 5) is 11.9. The highest BCUT2D eigenvalue weighted by molar-refractivity contribution is 7.00. The zero-order chi connectivity index (χ0) is 65.1. The van der Waals surface area contributed by atoms with Crippen molar-refractivity contribution >= 4 is 66.7 Å². The monoisotopic (exact) mass is 1270 g/mol. The molecule has 470 valence electrons. The summed E-state index contributed by atoms with van der Waals surface area (Å²) in [6.45, 7) is -0.0472. The van der Waals surface area contributed by atoms with Crippen LogP contribution in [0.1, 0.15) is 87.2 Å². The Bertz CT molecular complexity index is 5380. The van der Waals surface area contributed by atoms with Crippen LogP contribution in [-0.4, -0.2) is 25.8 Å². The lowest BCUT2D eigenvalue weighted by Crippen LogP contribution is -2.59. The topological polar surface area (TPSA) is 35.6 Å². The average Bonchev–Trinajstić information content (AvgIpc) is 1.55. The van der Waals surface area contributed by atoms with Crippen molar-refractivity contribution in [3.8, 4) is 112 Å². The van der Waals surface area contributed by atoms with Gasteiger partial charge < -0.3 is 9.13 Å². The lowest BCUT2D eigenvalue weighted by Gasteiger charge is -2.35. The van der Waals surface area contributed by atoms with Gasteiger partial charge in [-0.05, 0) is 223 Å². The van der Waals surface area contributed by atoms with Gasteiger partial charge in [0.1, 0.15) is 0 Å². The fourth-order valence-corrected chi connectivity index (χ4v) is 17.8. The third-order valence-electron chi connectivity index (χ3n) is 22.6. The third kappa shape index (κ3) is 9.87. The zero-order valence-corrected chi connectivity index (χ0v) is 55.4. The van der Waals surface area contributed by atoms with Gasteiger partial charge in [0.25, 0.3) is 6.71 Å². The molecule has 3 aromatic heterocycles. The van der Waals surface area contributed by atoms with Crippen molar-refractivity contribution in [2.75, 3.05) is 0 Å². The first-order valence-corrected chi connectivity index (χ1v) is 36.0. The standard InChI is InChI=1S/C94H71BN4/c1-9-25-60(26-10-1)68-41-43-87-79(51-68)81-53-74(66-37-21-7-22-38-66)55-83-92(81)98(87)89-57-78(58-90-91(89)95(83)84-56-75(67-39-23-8-24-40-67)54-82-80-52-69(61-27-11-2-12-28-61)42-44-88(80)99(90)93(82)84)94-96-85(76-47-70(62-29-13-3-14-30-62)45-71(48-76)63-31-15-4-16-32-63)59-86(97-94)77-49-72(64-33-17-5-18-34-64)46-73(50-77)65-35-19-6-20-36-65/h1-6,9-20,25-36,41-59,66-67H,7-8,21-24,37-40H2. The predicted molar refractivity (Wildman–Crippen MR) is 416 cm³/mol. The molecule has 5 heteroatoms. The van der Waals surface area contributed by atoms with Crippen LogP contribution in [0.5, 0.6) is 0 Å². The molecule has 20 rings (SSSR count). The Morgan fingerprint density at radius 2 is 0.596 bits per heavy atom. The molecule has 0 spiro atoms. The van der Waals surface area contributed by atoms with E-state index in [0.717, 1.165) is 72.6 Å². The Labute approximate surface area is 578 Å². The number of nitrogens with zero attached hydrogens (tertiary/aromatic N) is 4. The van der Waals surface area contributed by atoms with Crippen molar-refractivity contribution in [3.05, 3.63) is 308 Å². The van der Waals surface area contributed by atoms with Gasteiger partial charge in [-0.15, -0.1) is 0 Å². The smallest absolute Gasteiger partial charge is 0.252 e. The Hall–Kier alpha value is -11.4. The Morgan fingerprint density at radius 3 is 0.949 bits per heavy atom. The molecule has 4 aliphatic rings. The van der Waals surface area contributed by atoms with Crippen molar-refractivity contribution in [1.29, 1.82) is 0 Å². The van der Waals surface area contributed by atoms with Crippen molar-refractivity contribution in [2.45, 2.75) is 76.0 Å². The SMILES string of the molecule is c1ccc(-c2cc(-c3ccccc3)cc(-c3cc(-c4cc(-c5ccccc5)cc(-c5ccccc5)c4)nc(-c4cc5c6c(c4)-n4c7ccc(-c8ccccc8)cc7c7cc(C8CCCCC8)cc(c74)B6c4cc(C6CCCCC6)cc6c7cc(-c8ccccc8)ccc7n-5c46)n3)c2)cc1. The van der Waals surface area contributed by atoms with Crippen molar-refractivity contribution in [3.63, 3.8) is 0 Å². The van der Waals surface area contributed by atoms with E-state index in [2.05, 4.69) is 306 Å². The van der Waals surface area contributed by atoms with Crippen LogP contribution < -0.4 is 16.4 Å². The van der Waals surface area contributed by atoms with Gasteiger partial charge in [-0.1, -0.05) is 245 Å². The van der Waals surface area contributed by atoms with E-state index in [1.807, 2.05) is 0 Å². The molecule has 0 saturated heterocycles.